The Labute approximate surface area is 130 Å². The van der Waals surface area contributed by atoms with Crippen LogP contribution in [0.1, 0.15) is 11.4 Å². The van der Waals surface area contributed by atoms with E-state index in [0.29, 0.717) is 23.8 Å². The van der Waals surface area contributed by atoms with Crippen molar-refractivity contribution in [3.63, 3.8) is 0 Å². The number of carbonyl (C=O) groups is 1. The molecule has 3 aromatic rings. The minimum atomic E-state index is -0.557. The van der Waals surface area contributed by atoms with Gasteiger partial charge in [0.05, 0.1) is 11.9 Å². The first kappa shape index (κ1) is 13.6. The zero-order valence-electron chi connectivity index (χ0n) is 12.3. The van der Waals surface area contributed by atoms with Gasteiger partial charge >= 0.3 is 6.03 Å². The van der Waals surface area contributed by atoms with Crippen LogP contribution in [0.15, 0.2) is 30.6 Å². The van der Waals surface area contributed by atoms with E-state index in [1.54, 1.807) is 13.1 Å². The minimum Gasteiger partial charge on any atom is -0.303 e. The van der Waals surface area contributed by atoms with Gasteiger partial charge in [-0.3, -0.25) is 4.90 Å². The third-order valence-electron chi connectivity index (χ3n) is 3.74. The third-order valence-corrected chi connectivity index (χ3v) is 3.74. The first-order valence-electron chi connectivity index (χ1n) is 7.17. The Morgan fingerprint density at radius 1 is 1.43 bits per heavy atom. The van der Waals surface area contributed by atoms with Crippen LogP contribution in [0.4, 0.5) is 20.7 Å². The zero-order valence-corrected chi connectivity index (χ0v) is 12.3. The summed E-state index contributed by atoms with van der Waals surface area (Å²) >= 11 is 0. The van der Waals surface area contributed by atoms with Crippen LogP contribution >= 0.6 is 0 Å². The van der Waals surface area contributed by atoms with E-state index in [9.17, 15) is 9.18 Å². The number of hydrogen-bond donors (Lipinski definition) is 1. The molecular formula is C15H13FN6O. The predicted octanol–water partition coefficient (Wildman–Crippen LogP) is 2.17. The van der Waals surface area contributed by atoms with E-state index in [0.717, 1.165) is 12.0 Å². The maximum Gasteiger partial charge on any atom is 0.327 e. The molecule has 7 nitrogen and oxygen atoms in total. The molecule has 23 heavy (non-hydrogen) atoms. The number of nitrogens with one attached hydrogen (secondary N) is 1. The Bertz CT molecular complexity index is 921. The SMILES string of the molecule is Cc1nc2cc(F)c(NC(=O)N3CCc4cccnc43)cn2n1. The number of aryl methyl sites for hydroxylation is 1. The van der Waals surface area contributed by atoms with Crippen LogP contribution in [0.5, 0.6) is 0 Å². The summed E-state index contributed by atoms with van der Waals surface area (Å²) < 4.78 is 15.6. The predicted molar refractivity (Wildman–Crippen MR) is 82.0 cm³/mol. The second-order valence-corrected chi connectivity index (χ2v) is 5.31. The first-order chi connectivity index (χ1) is 11.1. The summed E-state index contributed by atoms with van der Waals surface area (Å²) in [6, 6.07) is 4.59. The Hall–Kier alpha value is -3.03. The van der Waals surface area contributed by atoms with Crippen LogP contribution in [-0.4, -0.2) is 32.2 Å². The lowest BCUT2D eigenvalue weighted by Gasteiger charge is -2.17. The molecule has 4 heterocycles. The molecular weight excluding hydrogens is 299 g/mol. The molecule has 8 heteroatoms. The maximum atomic E-state index is 14.1. The van der Waals surface area contributed by atoms with Gasteiger partial charge in [-0.2, -0.15) is 5.10 Å². The molecule has 0 atom stereocenters. The number of nitrogens with zero attached hydrogens (tertiary/aromatic N) is 5. The van der Waals surface area contributed by atoms with Gasteiger partial charge in [0.2, 0.25) is 0 Å². The highest BCUT2D eigenvalue weighted by Crippen LogP contribution is 2.26. The van der Waals surface area contributed by atoms with Gasteiger partial charge in [-0.05, 0) is 25.0 Å². The van der Waals surface area contributed by atoms with Gasteiger partial charge in [0.25, 0.3) is 0 Å². The van der Waals surface area contributed by atoms with E-state index in [2.05, 4.69) is 20.4 Å². The molecule has 1 N–H and O–H groups in total. The van der Waals surface area contributed by atoms with E-state index in [1.165, 1.54) is 21.7 Å². The number of halogens is 1. The molecule has 0 spiro atoms. The molecule has 1 aliphatic rings. The average molecular weight is 312 g/mol. The maximum absolute atomic E-state index is 14.1. The smallest absolute Gasteiger partial charge is 0.303 e. The van der Waals surface area contributed by atoms with Gasteiger partial charge < -0.3 is 5.32 Å². The summed E-state index contributed by atoms with van der Waals surface area (Å²) in [6.07, 6.45) is 3.79. The lowest BCUT2D eigenvalue weighted by atomic mass is 10.2. The highest BCUT2D eigenvalue weighted by Gasteiger charge is 2.26. The quantitative estimate of drug-likeness (QED) is 0.747. The van der Waals surface area contributed by atoms with Crippen molar-refractivity contribution in [2.45, 2.75) is 13.3 Å². The number of aromatic nitrogens is 4. The molecule has 0 fully saturated rings. The van der Waals surface area contributed by atoms with Crippen molar-refractivity contribution in [2.24, 2.45) is 0 Å². The van der Waals surface area contributed by atoms with Gasteiger partial charge in [-0.15, -0.1) is 0 Å². The van der Waals surface area contributed by atoms with E-state index in [-0.39, 0.29) is 5.69 Å². The van der Waals surface area contributed by atoms with Crippen LogP contribution < -0.4 is 10.2 Å². The van der Waals surface area contributed by atoms with Crippen molar-refractivity contribution in [2.75, 3.05) is 16.8 Å². The molecule has 0 aliphatic carbocycles. The van der Waals surface area contributed by atoms with Gasteiger partial charge in [-0.1, -0.05) is 6.07 Å². The molecule has 2 amide bonds. The lowest BCUT2D eigenvalue weighted by molar-refractivity contribution is 0.257. The fourth-order valence-corrected chi connectivity index (χ4v) is 2.69. The molecule has 0 bridgehead atoms. The largest absolute Gasteiger partial charge is 0.327 e. The molecule has 116 valence electrons. The Morgan fingerprint density at radius 2 is 2.30 bits per heavy atom. The summed E-state index contributed by atoms with van der Waals surface area (Å²) in [5, 5.41) is 6.70. The molecule has 0 radical (unpaired) electrons. The molecule has 0 saturated carbocycles. The van der Waals surface area contributed by atoms with Crippen molar-refractivity contribution in [1.29, 1.82) is 0 Å². The number of anilines is 2. The van der Waals surface area contributed by atoms with Crippen LogP contribution in [0.25, 0.3) is 5.65 Å². The van der Waals surface area contributed by atoms with E-state index < -0.39 is 11.8 Å². The molecule has 4 rings (SSSR count). The van der Waals surface area contributed by atoms with Gasteiger partial charge in [0.15, 0.2) is 11.5 Å². The van der Waals surface area contributed by atoms with Gasteiger partial charge in [-0.25, -0.2) is 23.7 Å². The lowest BCUT2D eigenvalue weighted by Crippen LogP contribution is -2.34. The Balaban J connectivity index is 1.63. The van der Waals surface area contributed by atoms with Crippen LogP contribution in [0.2, 0.25) is 0 Å². The zero-order chi connectivity index (χ0) is 16.0. The summed E-state index contributed by atoms with van der Waals surface area (Å²) in [4.78, 5) is 22.2. The van der Waals surface area contributed by atoms with Gasteiger partial charge in [0.1, 0.15) is 11.6 Å². The van der Waals surface area contributed by atoms with E-state index in [4.69, 9.17) is 0 Å². The highest BCUT2D eigenvalue weighted by molar-refractivity contribution is 6.02. The topological polar surface area (TPSA) is 75.4 Å². The Morgan fingerprint density at radius 3 is 3.17 bits per heavy atom. The standard InChI is InChI=1S/C15H13FN6O/c1-9-18-13-7-11(16)12(8-22(13)20-9)19-15(23)21-6-4-10-3-2-5-17-14(10)21/h2-3,5,7-8H,4,6H2,1H3,(H,19,23). The molecule has 1 aliphatic heterocycles. The van der Waals surface area contributed by atoms with Crippen LogP contribution in [-0.2, 0) is 6.42 Å². The number of urea groups is 1. The summed E-state index contributed by atoms with van der Waals surface area (Å²) in [5.41, 5.74) is 1.45. The molecule has 0 unspecified atom stereocenters. The molecule has 3 aromatic heterocycles. The highest BCUT2D eigenvalue weighted by atomic mass is 19.1. The summed E-state index contributed by atoms with van der Waals surface area (Å²) in [6.45, 7) is 2.24. The molecule has 0 saturated heterocycles. The van der Waals surface area contributed by atoms with Crippen molar-refractivity contribution >= 4 is 23.2 Å². The number of carbonyl (C=O) groups excluding carboxylic acids is 1. The number of pyridine rings is 2. The van der Waals surface area contributed by atoms with E-state index >= 15 is 0 Å². The van der Waals surface area contributed by atoms with Crippen molar-refractivity contribution in [3.8, 4) is 0 Å². The third kappa shape index (κ3) is 2.28. The Kier molecular flexibility index (Phi) is 2.97. The van der Waals surface area contributed by atoms with Gasteiger partial charge in [0, 0.05) is 18.8 Å². The van der Waals surface area contributed by atoms with E-state index in [1.807, 2.05) is 12.1 Å². The monoisotopic (exact) mass is 312 g/mol. The van der Waals surface area contributed by atoms with Crippen LogP contribution in [0.3, 0.4) is 0 Å². The normalized spacial score (nSPS) is 13.4. The average Bonchev–Trinajstić information content (AvgIpc) is 3.10. The fraction of sp³-hybridized carbons (Fsp3) is 0.200. The van der Waals surface area contributed by atoms with Crippen molar-refractivity contribution in [1.82, 2.24) is 19.6 Å². The number of rotatable bonds is 1. The summed E-state index contributed by atoms with van der Waals surface area (Å²) in [5.74, 6) is 0.590. The number of amides is 2. The molecule has 0 aromatic carbocycles. The van der Waals surface area contributed by atoms with Crippen molar-refractivity contribution < 1.29 is 9.18 Å². The number of fused-ring (bicyclic) bond motifs is 2. The second kappa shape index (κ2) is 5.01. The second-order valence-electron chi connectivity index (χ2n) is 5.31. The minimum absolute atomic E-state index is 0.0526. The number of hydrogen-bond acceptors (Lipinski definition) is 4. The fourth-order valence-electron chi connectivity index (χ4n) is 2.69. The first-order valence-corrected chi connectivity index (χ1v) is 7.17. The van der Waals surface area contributed by atoms with Crippen molar-refractivity contribution in [3.05, 3.63) is 47.8 Å². The van der Waals surface area contributed by atoms with Crippen LogP contribution in [0, 0.1) is 12.7 Å². The summed E-state index contributed by atoms with van der Waals surface area (Å²) in [7, 11) is 0.